The lowest BCUT2D eigenvalue weighted by atomic mass is 10.1. The van der Waals surface area contributed by atoms with Crippen LogP contribution in [0.25, 0.3) is 0 Å². The van der Waals surface area contributed by atoms with Crippen molar-refractivity contribution in [3.63, 3.8) is 0 Å². The molecular formula is C17H23FN2O4. The molecule has 0 heterocycles. The smallest absolute Gasteiger partial charge is 0.246 e. The molecule has 0 saturated heterocycles. The highest BCUT2D eigenvalue weighted by atomic mass is 19.1. The molecule has 3 N–H and O–H groups in total. The molecule has 2 amide bonds. The highest BCUT2D eigenvalue weighted by Gasteiger charge is 2.37. The number of nitrogens with one attached hydrogen (secondary N) is 2. The number of aliphatic hydroxyl groups excluding tert-OH is 1. The zero-order valence-electron chi connectivity index (χ0n) is 13.6. The average molecular weight is 338 g/mol. The third-order valence-electron chi connectivity index (χ3n) is 4.15. The topological polar surface area (TPSA) is 87.7 Å². The Morgan fingerprint density at radius 1 is 1.29 bits per heavy atom. The van der Waals surface area contributed by atoms with Gasteiger partial charge in [-0.05, 0) is 37.0 Å². The van der Waals surface area contributed by atoms with E-state index in [1.54, 1.807) is 12.1 Å². The van der Waals surface area contributed by atoms with Crippen molar-refractivity contribution < 1.29 is 23.8 Å². The zero-order chi connectivity index (χ0) is 17.5. The molecule has 132 valence electrons. The van der Waals surface area contributed by atoms with Crippen molar-refractivity contribution in [2.24, 2.45) is 5.92 Å². The molecule has 0 bridgehead atoms. The van der Waals surface area contributed by atoms with Gasteiger partial charge in [-0.1, -0.05) is 12.1 Å². The van der Waals surface area contributed by atoms with Gasteiger partial charge >= 0.3 is 0 Å². The number of benzene rings is 1. The van der Waals surface area contributed by atoms with E-state index in [0.717, 1.165) is 5.56 Å². The largest absolute Gasteiger partial charge is 0.391 e. The summed E-state index contributed by atoms with van der Waals surface area (Å²) in [5.41, 5.74) is 0.938. The second-order valence-electron chi connectivity index (χ2n) is 6.01. The Kier molecular flexibility index (Phi) is 6.69. The standard InChI is InChI=1S/C17H23FN2O4/c1-24-10-16(22)20-14-8-12(9-15(14)21)17(23)19-7-6-11-2-4-13(18)5-3-11/h2-5,12,14-15,21H,6-10H2,1H3,(H,19,23)(H,20,22)/t12-,14-,15-/m0/s1. The maximum Gasteiger partial charge on any atom is 0.246 e. The van der Waals surface area contributed by atoms with Gasteiger partial charge in [-0.25, -0.2) is 4.39 Å². The normalized spacial score (nSPS) is 23.0. The lowest BCUT2D eigenvalue weighted by Gasteiger charge is -2.15. The first-order valence-corrected chi connectivity index (χ1v) is 7.98. The minimum Gasteiger partial charge on any atom is -0.391 e. The summed E-state index contributed by atoms with van der Waals surface area (Å²) in [6.07, 6.45) is 0.591. The lowest BCUT2D eigenvalue weighted by molar-refractivity contribution is -0.127. The van der Waals surface area contributed by atoms with Crippen molar-refractivity contribution in [1.29, 1.82) is 0 Å². The van der Waals surface area contributed by atoms with E-state index in [9.17, 15) is 19.1 Å². The van der Waals surface area contributed by atoms with E-state index in [-0.39, 0.29) is 30.2 Å². The van der Waals surface area contributed by atoms with E-state index < -0.39 is 12.1 Å². The van der Waals surface area contributed by atoms with E-state index in [1.807, 2.05) is 0 Å². The number of hydrogen-bond donors (Lipinski definition) is 3. The van der Waals surface area contributed by atoms with E-state index >= 15 is 0 Å². The molecule has 0 unspecified atom stereocenters. The highest BCUT2D eigenvalue weighted by molar-refractivity contribution is 5.80. The van der Waals surface area contributed by atoms with Crippen LogP contribution >= 0.6 is 0 Å². The van der Waals surface area contributed by atoms with Crippen LogP contribution < -0.4 is 10.6 Å². The van der Waals surface area contributed by atoms with Gasteiger partial charge in [0.1, 0.15) is 12.4 Å². The molecule has 3 atom stereocenters. The van der Waals surface area contributed by atoms with E-state index in [0.29, 0.717) is 25.8 Å². The predicted molar refractivity (Wildman–Crippen MR) is 85.7 cm³/mol. The van der Waals surface area contributed by atoms with Crippen LogP contribution in [0, 0.1) is 11.7 Å². The van der Waals surface area contributed by atoms with Crippen molar-refractivity contribution in [2.75, 3.05) is 20.3 Å². The molecule has 7 heteroatoms. The van der Waals surface area contributed by atoms with E-state index in [2.05, 4.69) is 10.6 Å². The van der Waals surface area contributed by atoms with Crippen molar-refractivity contribution in [3.8, 4) is 0 Å². The predicted octanol–water partition coefficient (Wildman–Crippen LogP) is 0.387. The van der Waals surface area contributed by atoms with Crippen molar-refractivity contribution >= 4 is 11.8 Å². The summed E-state index contributed by atoms with van der Waals surface area (Å²) >= 11 is 0. The van der Waals surface area contributed by atoms with E-state index in [1.165, 1.54) is 19.2 Å². The summed E-state index contributed by atoms with van der Waals surface area (Å²) in [5, 5.41) is 15.5. The summed E-state index contributed by atoms with van der Waals surface area (Å²) in [6.45, 7) is 0.371. The fourth-order valence-electron chi connectivity index (χ4n) is 2.89. The third kappa shape index (κ3) is 5.28. The van der Waals surface area contributed by atoms with Gasteiger partial charge in [0.2, 0.25) is 11.8 Å². The van der Waals surface area contributed by atoms with Gasteiger partial charge in [-0.2, -0.15) is 0 Å². The number of amides is 2. The number of carbonyl (C=O) groups is 2. The summed E-state index contributed by atoms with van der Waals surface area (Å²) in [4.78, 5) is 23.7. The van der Waals surface area contributed by atoms with Gasteiger partial charge in [0.25, 0.3) is 0 Å². The zero-order valence-corrected chi connectivity index (χ0v) is 13.6. The molecular weight excluding hydrogens is 315 g/mol. The Morgan fingerprint density at radius 2 is 2.00 bits per heavy atom. The molecule has 24 heavy (non-hydrogen) atoms. The summed E-state index contributed by atoms with van der Waals surface area (Å²) in [7, 11) is 1.42. The Morgan fingerprint density at radius 3 is 2.67 bits per heavy atom. The van der Waals surface area contributed by atoms with Crippen LogP contribution in [0.5, 0.6) is 0 Å². The first kappa shape index (κ1) is 18.4. The molecule has 0 radical (unpaired) electrons. The number of hydrogen-bond acceptors (Lipinski definition) is 4. The second kappa shape index (κ2) is 8.75. The Balaban J connectivity index is 1.74. The molecule has 1 saturated carbocycles. The van der Waals surface area contributed by atoms with Crippen LogP contribution in [0.1, 0.15) is 18.4 Å². The molecule has 1 fully saturated rings. The summed E-state index contributed by atoms with van der Waals surface area (Å²) in [5.74, 6) is -1.07. The molecule has 0 aliphatic heterocycles. The van der Waals surface area contributed by atoms with E-state index in [4.69, 9.17) is 4.74 Å². The first-order chi connectivity index (χ1) is 11.5. The number of halogens is 1. The van der Waals surface area contributed by atoms with Gasteiger partial charge < -0.3 is 20.5 Å². The first-order valence-electron chi connectivity index (χ1n) is 7.98. The van der Waals surface area contributed by atoms with Crippen LogP contribution in [0.15, 0.2) is 24.3 Å². The van der Waals surface area contributed by atoms with Crippen LogP contribution in [0.2, 0.25) is 0 Å². The molecule has 2 rings (SSSR count). The van der Waals surface area contributed by atoms with Crippen molar-refractivity contribution in [2.45, 2.75) is 31.4 Å². The molecule has 1 aromatic carbocycles. The van der Waals surface area contributed by atoms with Crippen LogP contribution in [0.4, 0.5) is 4.39 Å². The van der Waals surface area contributed by atoms with Crippen molar-refractivity contribution in [3.05, 3.63) is 35.6 Å². The fourth-order valence-corrected chi connectivity index (χ4v) is 2.89. The molecule has 6 nitrogen and oxygen atoms in total. The number of carbonyl (C=O) groups excluding carboxylic acids is 2. The fraction of sp³-hybridized carbons (Fsp3) is 0.529. The van der Waals surface area contributed by atoms with Gasteiger partial charge in [-0.3, -0.25) is 9.59 Å². The molecule has 0 aromatic heterocycles. The number of methoxy groups -OCH3 is 1. The van der Waals surface area contributed by atoms with Gasteiger partial charge in [0.05, 0.1) is 12.1 Å². The maximum absolute atomic E-state index is 12.8. The summed E-state index contributed by atoms with van der Waals surface area (Å²) in [6, 6.07) is 5.71. The monoisotopic (exact) mass is 338 g/mol. The molecule has 1 aliphatic carbocycles. The number of ether oxygens (including phenoxy) is 1. The molecule has 0 spiro atoms. The van der Waals surface area contributed by atoms with Crippen molar-refractivity contribution in [1.82, 2.24) is 10.6 Å². The number of rotatable bonds is 7. The van der Waals surface area contributed by atoms with Crippen LogP contribution in [-0.2, 0) is 20.7 Å². The molecule has 1 aliphatic rings. The Labute approximate surface area is 140 Å². The average Bonchev–Trinajstić information content (AvgIpc) is 2.90. The minimum absolute atomic E-state index is 0.0717. The quantitative estimate of drug-likeness (QED) is 0.671. The Hall–Kier alpha value is -1.99. The minimum atomic E-state index is -0.737. The van der Waals surface area contributed by atoms with Gasteiger partial charge in [-0.15, -0.1) is 0 Å². The summed E-state index contributed by atoms with van der Waals surface area (Å²) < 4.78 is 17.6. The maximum atomic E-state index is 12.8. The SMILES string of the molecule is COCC(=O)N[C@H]1C[C@H](C(=O)NCCc2ccc(F)cc2)C[C@@H]1O. The Bertz CT molecular complexity index is 564. The molecule has 1 aromatic rings. The lowest BCUT2D eigenvalue weighted by Crippen LogP contribution is -2.41. The van der Waals surface area contributed by atoms with Gasteiger partial charge in [0, 0.05) is 19.6 Å². The highest BCUT2D eigenvalue weighted by Crippen LogP contribution is 2.26. The van der Waals surface area contributed by atoms with Crippen LogP contribution in [0.3, 0.4) is 0 Å². The van der Waals surface area contributed by atoms with Crippen LogP contribution in [-0.4, -0.2) is 49.3 Å². The number of aliphatic hydroxyl groups is 1. The second-order valence-corrected chi connectivity index (χ2v) is 6.01. The third-order valence-corrected chi connectivity index (χ3v) is 4.15. The van der Waals surface area contributed by atoms with Gasteiger partial charge in [0.15, 0.2) is 0 Å².